The molecule has 2 N–H and O–H groups in total. The fourth-order valence-electron chi connectivity index (χ4n) is 3.30. The van der Waals surface area contributed by atoms with Gasteiger partial charge in [0.1, 0.15) is 0 Å². The Kier molecular flexibility index (Phi) is 7.41. The molecule has 1 heterocycles. The molecule has 2 aromatic carbocycles. The van der Waals surface area contributed by atoms with Crippen molar-refractivity contribution in [1.29, 1.82) is 0 Å². The lowest BCUT2D eigenvalue weighted by Crippen LogP contribution is -2.23. The number of nitrogens with two attached hydrogens (primary N) is 1. The van der Waals surface area contributed by atoms with E-state index in [4.69, 9.17) is 5.73 Å². The van der Waals surface area contributed by atoms with Crippen LogP contribution in [-0.4, -0.2) is 20.4 Å². The van der Waals surface area contributed by atoms with E-state index in [0.717, 1.165) is 25.7 Å². The van der Waals surface area contributed by atoms with E-state index in [2.05, 4.69) is 11.9 Å². The van der Waals surface area contributed by atoms with Crippen molar-refractivity contribution in [2.75, 3.05) is 0 Å². The molecule has 31 heavy (non-hydrogen) atoms. The summed E-state index contributed by atoms with van der Waals surface area (Å²) < 4.78 is 1.66. The van der Waals surface area contributed by atoms with Crippen molar-refractivity contribution in [2.24, 2.45) is 5.73 Å². The minimum absolute atomic E-state index is 0.0807. The van der Waals surface area contributed by atoms with E-state index < -0.39 is 10.8 Å². The first kappa shape index (κ1) is 22.5. The van der Waals surface area contributed by atoms with Crippen molar-refractivity contribution in [2.45, 2.75) is 50.1 Å². The summed E-state index contributed by atoms with van der Waals surface area (Å²) in [5.41, 5.74) is 6.06. The van der Waals surface area contributed by atoms with Gasteiger partial charge in [0.05, 0.1) is 15.8 Å². The molecule has 0 aliphatic heterocycles. The number of para-hydroxylation sites is 1. The standard InChI is InChI=1S/C22H24N4O4S/c1-2-3-4-7-12-25-21(28)17-8-5-6-9-18(17)24-22(25)31-14-16-11-10-15(20(23)27)13-19(16)26(29)30/h5-6,8-11,13H,2-4,7,12,14H2,1H3,(H2,23,27). The highest BCUT2D eigenvalue weighted by atomic mass is 32.2. The highest BCUT2D eigenvalue weighted by molar-refractivity contribution is 7.98. The number of thioether (sulfide) groups is 1. The third-order valence-electron chi connectivity index (χ3n) is 4.99. The van der Waals surface area contributed by atoms with Crippen molar-refractivity contribution in [3.05, 3.63) is 74.1 Å². The van der Waals surface area contributed by atoms with Crippen molar-refractivity contribution >= 4 is 34.3 Å². The van der Waals surface area contributed by atoms with Gasteiger partial charge in [0, 0.05) is 29.5 Å². The smallest absolute Gasteiger partial charge is 0.274 e. The van der Waals surface area contributed by atoms with Crippen LogP contribution in [0.1, 0.15) is 48.5 Å². The minimum atomic E-state index is -0.723. The van der Waals surface area contributed by atoms with Crippen LogP contribution in [0.3, 0.4) is 0 Å². The van der Waals surface area contributed by atoms with E-state index in [1.54, 1.807) is 16.7 Å². The van der Waals surface area contributed by atoms with E-state index in [1.807, 2.05) is 12.1 Å². The number of aromatic nitrogens is 2. The zero-order chi connectivity index (χ0) is 22.4. The van der Waals surface area contributed by atoms with Crippen LogP contribution in [0.4, 0.5) is 5.69 Å². The highest BCUT2D eigenvalue weighted by Crippen LogP contribution is 2.28. The third-order valence-corrected chi connectivity index (χ3v) is 6.01. The number of rotatable bonds is 10. The van der Waals surface area contributed by atoms with E-state index in [9.17, 15) is 19.7 Å². The Balaban J connectivity index is 1.94. The van der Waals surface area contributed by atoms with Gasteiger partial charge in [0.15, 0.2) is 5.16 Å². The molecule has 0 spiro atoms. The van der Waals surface area contributed by atoms with Crippen LogP contribution in [0.2, 0.25) is 0 Å². The van der Waals surface area contributed by atoms with Gasteiger partial charge in [-0.15, -0.1) is 0 Å². The molecule has 0 saturated carbocycles. The Bertz CT molecular complexity index is 1180. The molecule has 0 unspecified atom stereocenters. The van der Waals surface area contributed by atoms with Crippen LogP contribution in [-0.2, 0) is 12.3 Å². The van der Waals surface area contributed by atoms with Gasteiger partial charge in [-0.3, -0.25) is 24.3 Å². The average Bonchev–Trinajstić information content (AvgIpc) is 2.76. The maximum Gasteiger partial charge on any atom is 0.274 e. The Morgan fingerprint density at radius 1 is 1.19 bits per heavy atom. The Morgan fingerprint density at radius 2 is 1.97 bits per heavy atom. The van der Waals surface area contributed by atoms with E-state index in [-0.39, 0.29) is 22.6 Å². The molecule has 0 fully saturated rings. The number of nitrogens with zero attached hydrogens (tertiary/aromatic N) is 3. The zero-order valence-electron chi connectivity index (χ0n) is 17.2. The molecule has 0 radical (unpaired) electrons. The van der Waals surface area contributed by atoms with Gasteiger partial charge in [0.2, 0.25) is 5.91 Å². The lowest BCUT2D eigenvalue weighted by molar-refractivity contribution is -0.385. The van der Waals surface area contributed by atoms with Gasteiger partial charge >= 0.3 is 0 Å². The van der Waals surface area contributed by atoms with Gasteiger partial charge in [-0.05, 0) is 24.6 Å². The molecule has 8 nitrogen and oxygen atoms in total. The van der Waals surface area contributed by atoms with Crippen LogP contribution in [0.5, 0.6) is 0 Å². The predicted octanol–water partition coefficient (Wildman–Crippen LogP) is 4.28. The van der Waals surface area contributed by atoms with E-state index >= 15 is 0 Å². The molecule has 0 aliphatic carbocycles. The number of carbonyl (C=O) groups is 1. The number of primary amides is 1. The zero-order valence-corrected chi connectivity index (χ0v) is 18.1. The second kappa shape index (κ2) is 10.2. The Hall–Kier alpha value is -3.20. The maximum absolute atomic E-state index is 13.1. The van der Waals surface area contributed by atoms with Gasteiger partial charge in [-0.1, -0.05) is 56.1 Å². The quantitative estimate of drug-likeness (QED) is 0.165. The predicted molar refractivity (Wildman–Crippen MR) is 121 cm³/mol. The van der Waals surface area contributed by atoms with Crippen LogP contribution in [0.15, 0.2) is 52.4 Å². The van der Waals surface area contributed by atoms with Crippen LogP contribution in [0.25, 0.3) is 10.9 Å². The van der Waals surface area contributed by atoms with Crippen molar-refractivity contribution < 1.29 is 9.72 Å². The van der Waals surface area contributed by atoms with Gasteiger partial charge in [-0.2, -0.15) is 0 Å². The molecule has 1 amide bonds. The molecule has 0 saturated heterocycles. The molecule has 0 atom stereocenters. The summed E-state index contributed by atoms with van der Waals surface area (Å²) in [4.78, 5) is 40.0. The summed E-state index contributed by atoms with van der Waals surface area (Å²) in [5.74, 6) is -0.492. The number of hydrogen-bond acceptors (Lipinski definition) is 6. The first-order valence-electron chi connectivity index (χ1n) is 10.1. The summed E-state index contributed by atoms with van der Waals surface area (Å²) in [6.45, 7) is 2.67. The van der Waals surface area contributed by atoms with Crippen molar-refractivity contribution in [3.8, 4) is 0 Å². The maximum atomic E-state index is 13.1. The monoisotopic (exact) mass is 440 g/mol. The SMILES string of the molecule is CCCCCCn1c(SCc2ccc(C(N)=O)cc2[N+](=O)[O-])nc2ccccc2c1=O. The van der Waals surface area contributed by atoms with Gasteiger partial charge in [-0.25, -0.2) is 4.98 Å². The largest absolute Gasteiger partial charge is 0.366 e. The Morgan fingerprint density at radius 3 is 2.68 bits per heavy atom. The fraction of sp³-hybridized carbons (Fsp3) is 0.318. The second-order valence-corrected chi connectivity index (χ2v) is 8.13. The Labute approximate surface area is 183 Å². The van der Waals surface area contributed by atoms with Crippen LogP contribution in [0, 0.1) is 10.1 Å². The summed E-state index contributed by atoms with van der Waals surface area (Å²) in [6, 6.07) is 11.4. The molecule has 0 aliphatic rings. The molecule has 3 aromatic rings. The molecular weight excluding hydrogens is 416 g/mol. The molecule has 9 heteroatoms. The highest BCUT2D eigenvalue weighted by Gasteiger charge is 2.18. The number of nitro benzene ring substituents is 1. The summed E-state index contributed by atoms with van der Waals surface area (Å²) in [7, 11) is 0. The summed E-state index contributed by atoms with van der Waals surface area (Å²) in [5, 5.41) is 12.6. The van der Waals surface area contributed by atoms with E-state index in [0.29, 0.717) is 28.2 Å². The molecule has 3 rings (SSSR count). The lowest BCUT2D eigenvalue weighted by Gasteiger charge is -2.13. The molecule has 162 valence electrons. The number of nitro groups is 1. The molecule has 0 bridgehead atoms. The number of amides is 1. The number of hydrogen-bond donors (Lipinski definition) is 1. The van der Waals surface area contributed by atoms with Crippen LogP contribution < -0.4 is 11.3 Å². The number of benzene rings is 2. The van der Waals surface area contributed by atoms with Crippen LogP contribution >= 0.6 is 11.8 Å². The average molecular weight is 441 g/mol. The number of unbranched alkanes of at least 4 members (excludes halogenated alkanes) is 3. The van der Waals surface area contributed by atoms with Gasteiger partial charge in [0.25, 0.3) is 11.2 Å². The number of carbonyl (C=O) groups excluding carboxylic acids is 1. The van der Waals surface area contributed by atoms with Crippen molar-refractivity contribution in [3.63, 3.8) is 0 Å². The normalized spacial score (nSPS) is 11.0. The molecule has 1 aromatic heterocycles. The first-order chi connectivity index (χ1) is 14.9. The summed E-state index contributed by atoms with van der Waals surface area (Å²) in [6.07, 6.45) is 4.06. The third kappa shape index (κ3) is 5.29. The number of fused-ring (bicyclic) bond motifs is 1. The first-order valence-corrected chi connectivity index (χ1v) is 11.1. The topological polar surface area (TPSA) is 121 Å². The minimum Gasteiger partial charge on any atom is -0.366 e. The fourth-order valence-corrected chi connectivity index (χ4v) is 4.32. The second-order valence-electron chi connectivity index (χ2n) is 7.18. The summed E-state index contributed by atoms with van der Waals surface area (Å²) >= 11 is 1.27. The lowest BCUT2D eigenvalue weighted by atomic mass is 10.1. The van der Waals surface area contributed by atoms with E-state index in [1.165, 1.54) is 30.0 Å². The van der Waals surface area contributed by atoms with Crippen molar-refractivity contribution in [1.82, 2.24) is 9.55 Å². The molecular formula is C22H24N4O4S. The van der Waals surface area contributed by atoms with Gasteiger partial charge < -0.3 is 5.73 Å².